The van der Waals surface area contributed by atoms with E-state index in [0.717, 1.165) is 57.2 Å². The first-order chi connectivity index (χ1) is 16.4. The largest absolute Gasteiger partial charge is 0.385 e. The number of hydrogen-bond acceptors (Lipinski definition) is 4. The van der Waals surface area contributed by atoms with Gasteiger partial charge in [0.25, 0.3) is 0 Å². The lowest BCUT2D eigenvalue weighted by Gasteiger charge is -2.40. The molecule has 1 aliphatic rings. The summed E-state index contributed by atoms with van der Waals surface area (Å²) in [7, 11) is -3.00. The van der Waals surface area contributed by atoms with Crippen molar-refractivity contribution >= 4 is 27.1 Å². The van der Waals surface area contributed by atoms with Crippen molar-refractivity contribution in [2.75, 3.05) is 23.7 Å². The highest BCUT2D eigenvalue weighted by Gasteiger charge is 2.34. The summed E-state index contributed by atoms with van der Waals surface area (Å²) in [4.78, 5) is 2.37. The molecule has 0 aliphatic carbocycles. The van der Waals surface area contributed by atoms with Crippen LogP contribution < -0.4 is 4.90 Å². The van der Waals surface area contributed by atoms with Crippen molar-refractivity contribution in [2.24, 2.45) is 0 Å². The molecule has 35 heavy (non-hydrogen) atoms. The zero-order valence-corrected chi connectivity index (χ0v) is 23.4. The Hall–Kier alpha value is -1.56. The molecule has 1 aliphatic heterocycles. The maximum Gasteiger partial charge on any atom is 0.155 e. The molecule has 1 N–H and O–H groups in total. The van der Waals surface area contributed by atoms with E-state index in [9.17, 15) is 13.5 Å². The highest BCUT2D eigenvalue weighted by atomic mass is 35.5. The second kappa shape index (κ2) is 11.7. The second-order valence-electron chi connectivity index (χ2n) is 11.1. The summed E-state index contributed by atoms with van der Waals surface area (Å²) in [6.07, 6.45) is 7.54. The number of sulfone groups is 1. The maximum absolute atomic E-state index is 12.2. The summed E-state index contributed by atoms with van der Waals surface area (Å²) in [5.41, 5.74) is 4.09. The van der Waals surface area contributed by atoms with Crippen molar-refractivity contribution in [3.8, 4) is 0 Å². The van der Waals surface area contributed by atoms with E-state index < -0.39 is 20.2 Å². The molecule has 2 aromatic rings. The molecule has 0 amide bonds. The Labute approximate surface area is 217 Å². The van der Waals surface area contributed by atoms with E-state index in [4.69, 9.17) is 11.6 Å². The Balaban J connectivity index is 1.42. The van der Waals surface area contributed by atoms with Crippen LogP contribution in [0.5, 0.6) is 0 Å². The van der Waals surface area contributed by atoms with E-state index in [0.29, 0.717) is 23.6 Å². The third-order valence-electron chi connectivity index (χ3n) is 7.46. The number of aliphatic hydroxyl groups is 1. The Kier molecular flexibility index (Phi) is 9.33. The minimum atomic E-state index is -3.00. The lowest BCUT2D eigenvalue weighted by Crippen LogP contribution is -2.42. The molecule has 0 spiro atoms. The normalized spacial score (nSPS) is 16.5. The number of anilines is 1. The Bertz CT molecular complexity index is 1070. The molecule has 3 rings (SSSR count). The third kappa shape index (κ3) is 7.47. The second-order valence-corrected chi connectivity index (χ2v) is 14.4. The van der Waals surface area contributed by atoms with Crippen LogP contribution in [-0.2, 0) is 21.9 Å². The van der Waals surface area contributed by atoms with Gasteiger partial charge in [-0.3, -0.25) is 0 Å². The van der Waals surface area contributed by atoms with Gasteiger partial charge in [0.1, 0.15) is 0 Å². The van der Waals surface area contributed by atoms with E-state index in [1.807, 2.05) is 24.3 Å². The van der Waals surface area contributed by atoms with E-state index in [-0.39, 0.29) is 0 Å². The summed E-state index contributed by atoms with van der Waals surface area (Å²) in [5.74, 6) is 0.296. The number of halogens is 1. The zero-order chi connectivity index (χ0) is 25.7. The summed E-state index contributed by atoms with van der Waals surface area (Å²) in [6.45, 7) is 9.17. The van der Waals surface area contributed by atoms with Crippen LogP contribution in [0.2, 0.25) is 5.02 Å². The van der Waals surface area contributed by atoms with Gasteiger partial charge in [0.15, 0.2) is 9.84 Å². The van der Waals surface area contributed by atoms with Crippen LogP contribution in [0, 0.1) is 6.92 Å². The summed E-state index contributed by atoms with van der Waals surface area (Å²) >= 11 is 6.01. The number of piperidine rings is 1. The number of nitrogens with zero attached hydrogens (tertiary/aromatic N) is 1. The van der Waals surface area contributed by atoms with Gasteiger partial charge in [0, 0.05) is 23.8 Å². The third-order valence-corrected chi connectivity index (χ3v) is 10.4. The molecule has 0 saturated carbocycles. The molecular formula is C29H42ClNO3S. The van der Waals surface area contributed by atoms with Gasteiger partial charge < -0.3 is 10.0 Å². The summed E-state index contributed by atoms with van der Waals surface area (Å²) in [6, 6.07) is 14.3. The van der Waals surface area contributed by atoms with Crippen molar-refractivity contribution in [3.05, 3.63) is 64.2 Å². The minimum absolute atomic E-state index is 0.296. The summed E-state index contributed by atoms with van der Waals surface area (Å²) in [5, 5.41) is 11.8. The van der Waals surface area contributed by atoms with Gasteiger partial charge in [-0.25, -0.2) is 8.42 Å². The monoisotopic (exact) mass is 519 g/mol. The smallest absolute Gasteiger partial charge is 0.155 e. The van der Waals surface area contributed by atoms with E-state index >= 15 is 0 Å². The molecule has 4 nitrogen and oxygen atoms in total. The first-order valence-electron chi connectivity index (χ1n) is 13.0. The van der Waals surface area contributed by atoms with Gasteiger partial charge >= 0.3 is 0 Å². The summed E-state index contributed by atoms with van der Waals surface area (Å²) < 4.78 is 23.7. The fourth-order valence-corrected chi connectivity index (χ4v) is 6.11. The van der Waals surface area contributed by atoms with Crippen LogP contribution in [0.4, 0.5) is 5.69 Å². The number of unbranched alkanes of at least 4 members (excludes halogenated alkanes) is 4. The van der Waals surface area contributed by atoms with Crippen LogP contribution >= 0.6 is 11.6 Å². The fourth-order valence-electron chi connectivity index (χ4n) is 4.78. The Morgan fingerprint density at radius 2 is 1.54 bits per heavy atom. The van der Waals surface area contributed by atoms with Crippen LogP contribution in [0.15, 0.2) is 42.5 Å². The van der Waals surface area contributed by atoms with Crippen molar-refractivity contribution in [1.29, 1.82) is 0 Å². The van der Waals surface area contributed by atoms with Gasteiger partial charge in [-0.15, -0.1) is 0 Å². The quantitative estimate of drug-likeness (QED) is 0.349. The van der Waals surface area contributed by atoms with Crippen LogP contribution in [0.3, 0.4) is 0 Å². The molecule has 0 radical (unpaired) electrons. The molecule has 0 bridgehead atoms. The van der Waals surface area contributed by atoms with E-state index in [2.05, 4.69) is 30.0 Å². The van der Waals surface area contributed by atoms with Crippen LogP contribution in [0.1, 0.15) is 82.4 Å². The molecule has 194 valence electrons. The topological polar surface area (TPSA) is 57.6 Å². The number of hydrogen-bond donors (Lipinski definition) is 1. The van der Waals surface area contributed by atoms with Crippen LogP contribution in [-0.4, -0.2) is 37.1 Å². The highest BCUT2D eigenvalue weighted by molar-refractivity contribution is 7.92. The van der Waals surface area contributed by atoms with Gasteiger partial charge in [-0.05, 0) is 101 Å². The minimum Gasteiger partial charge on any atom is -0.385 e. The predicted molar refractivity (Wildman–Crippen MR) is 148 cm³/mol. The molecule has 0 aromatic heterocycles. The number of aryl methyl sites for hydroxylation is 2. The Morgan fingerprint density at radius 3 is 2.14 bits per heavy atom. The first-order valence-corrected chi connectivity index (χ1v) is 15.0. The van der Waals surface area contributed by atoms with Crippen molar-refractivity contribution in [3.63, 3.8) is 0 Å². The molecule has 1 saturated heterocycles. The number of rotatable bonds is 10. The zero-order valence-electron chi connectivity index (χ0n) is 21.8. The van der Waals surface area contributed by atoms with Gasteiger partial charge in [-0.2, -0.15) is 0 Å². The molecule has 2 aromatic carbocycles. The van der Waals surface area contributed by atoms with Gasteiger partial charge in [0.2, 0.25) is 0 Å². The lowest BCUT2D eigenvalue weighted by atomic mass is 9.84. The average molecular weight is 520 g/mol. The SMILES string of the molecule is Cc1cc(N2CCC(O)(c3ccc(Cl)cc3)CC2)ccc1CCCCCCCS(=O)(=O)C(C)(C)C. The standard InChI is InChI=1S/C29H42ClNO3S/c1-23-22-27(31-19-17-29(32,18-20-31)25-12-14-26(30)15-13-25)16-11-24(23)10-8-6-5-7-9-21-35(33,34)28(2,3)4/h11-16,22,32H,5-10,17-21H2,1-4H3. The van der Waals surface area contributed by atoms with Gasteiger partial charge in [0.05, 0.1) is 16.1 Å². The maximum atomic E-state index is 12.2. The fraction of sp³-hybridized carbons (Fsp3) is 0.586. The van der Waals surface area contributed by atoms with Crippen molar-refractivity contribution in [1.82, 2.24) is 0 Å². The van der Waals surface area contributed by atoms with Crippen LogP contribution in [0.25, 0.3) is 0 Å². The highest BCUT2D eigenvalue weighted by Crippen LogP contribution is 2.35. The molecule has 1 fully saturated rings. The first kappa shape index (κ1) is 28.0. The Morgan fingerprint density at radius 1 is 0.943 bits per heavy atom. The van der Waals surface area contributed by atoms with E-state index in [1.165, 1.54) is 16.8 Å². The average Bonchev–Trinajstić information content (AvgIpc) is 2.79. The molecule has 0 unspecified atom stereocenters. The number of benzene rings is 2. The van der Waals surface area contributed by atoms with Crippen molar-refractivity contribution in [2.45, 2.75) is 89.4 Å². The predicted octanol–water partition coefficient (Wildman–Crippen LogP) is 6.84. The van der Waals surface area contributed by atoms with Gasteiger partial charge in [-0.1, -0.05) is 49.1 Å². The molecule has 6 heteroatoms. The molecule has 1 heterocycles. The van der Waals surface area contributed by atoms with E-state index in [1.54, 1.807) is 20.8 Å². The van der Waals surface area contributed by atoms with Crippen molar-refractivity contribution < 1.29 is 13.5 Å². The molecule has 0 atom stereocenters. The molecular weight excluding hydrogens is 478 g/mol. The lowest BCUT2D eigenvalue weighted by molar-refractivity contribution is 0.0118.